The summed E-state index contributed by atoms with van der Waals surface area (Å²) in [6.45, 7) is 3.80. The topological polar surface area (TPSA) is 86.3 Å². The van der Waals surface area contributed by atoms with Crippen LogP contribution in [0.5, 0.6) is 0 Å². The number of nitrogens with zero attached hydrogens (tertiary/aromatic N) is 5. The number of rotatable bonds is 3. The molecule has 1 aliphatic rings. The van der Waals surface area contributed by atoms with Gasteiger partial charge in [0.1, 0.15) is 17.6 Å². The van der Waals surface area contributed by atoms with E-state index in [0.29, 0.717) is 30.0 Å². The Balaban J connectivity index is 1.88. The number of halogens is 1. The second kappa shape index (κ2) is 5.89. The predicted molar refractivity (Wildman–Crippen MR) is 87.3 cm³/mol. The van der Waals surface area contributed by atoms with E-state index in [1.165, 1.54) is 12.3 Å². The Bertz CT molecular complexity index is 750. The van der Waals surface area contributed by atoms with Gasteiger partial charge in [-0.3, -0.25) is 14.8 Å². The Hall–Kier alpha value is -2.00. The first-order valence-corrected chi connectivity index (χ1v) is 7.86. The minimum atomic E-state index is -0.505. The van der Waals surface area contributed by atoms with Gasteiger partial charge in [0.2, 0.25) is 0 Å². The summed E-state index contributed by atoms with van der Waals surface area (Å²) in [5.41, 5.74) is 0.446. The van der Waals surface area contributed by atoms with Crippen molar-refractivity contribution in [3.8, 4) is 0 Å². The molecule has 3 rings (SSSR count). The Labute approximate surface area is 141 Å². The monoisotopic (exact) mass is 381 g/mol. The van der Waals surface area contributed by atoms with Crippen LogP contribution in [-0.2, 0) is 17.4 Å². The average molecular weight is 382 g/mol. The van der Waals surface area contributed by atoms with Crippen molar-refractivity contribution in [1.82, 2.24) is 14.8 Å². The summed E-state index contributed by atoms with van der Waals surface area (Å²) in [6, 6.07) is 1.47. The molecule has 2 aromatic rings. The zero-order valence-corrected chi connectivity index (χ0v) is 14.4. The van der Waals surface area contributed by atoms with E-state index in [4.69, 9.17) is 4.74 Å². The smallest absolute Gasteiger partial charge is 0.288 e. The average Bonchev–Trinajstić information content (AvgIpc) is 2.94. The number of hydrogen-bond acceptors (Lipinski definition) is 6. The number of morpholine rings is 1. The largest absolute Gasteiger partial charge is 0.367 e. The fourth-order valence-electron chi connectivity index (χ4n) is 2.67. The number of nitro groups is 1. The van der Waals surface area contributed by atoms with Gasteiger partial charge in [0.05, 0.1) is 28.7 Å². The molecule has 1 atom stereocenters. The van der Waals surface area contributed by atoms with Gasteiger partial charge in [-0.15, -0.1) is 0 Å². The maximum Gasteiger partial charge on any atom is 0.288 e. The van der Waals surface area contributed by atoms with Crippen molar-refractivity contribution in [3.63, 3.8) is 0 Å². The van der Waals surface area contributed by atoms with E-state index in [2.05, 4.69) is 30.9 Å². The highest BCUT2D eigenvalue weighted by molar-refractivity contribution is 9.10. The molecule has 1 unspecified atom stereocenters. The fraction of sp³-hybridized carbons (Fsp3) is 0.429. The second-order valence-electron chi connectivity index (χ2n) is 5.66. The Kier molecular flexibility index (Phi) is 4.07. The van der Waals surface area contributed by atoms with Gasteiger partial charge >= 0.3 is 0 Å². The first-order valence-electron chi connectivity index (χ1n) is 7.07. The lowest BCUT2D eigenvalue weighted by atomic mass is 9.97. The minimum absolute atomic E-state index is 0.0381. The Morgan fingerprint density at radius 3 is 2.87 bits per heavy atom. The highest BCUT2D eigenvalue weighted by atomic mass is 79.9. The molecule has 0 N–H and O–H groups in total. The zero-order chi connectivity index (χ0) is 16.6. The maximum absolute atomic E-state index is 10.8. The van der Waals surface area contributed by atoms with Crippen LogP contribution in [0.15, 0.2) is 29.1 Å². The van der Waals surface area contributed by atoms with Gasteiger partial charge in [-0.05, 0) is 22.9 Å². The van der Waals surface area contributed by atoms with Crippen LogP contribution in [0.1, 0.15) is 12.5 Å². The number of anilines is 1. The van der Waals surface area contributed by atoms with E-state index in [-0.39, 0.29) is 5.69 Å². The van der Waals surface area contributed by atoms with E-state index in [1.54, 1.807) is 10.9 Å². The summed E-state index contributed by atoms with van der Waals surface area (Å²) in [4.78, 5) is 16.7. The molecule has 9 heteroatoms. The molecule has 0 saturated carbocycles. The molecule has 0 amide bonds. The van der Waals surface area contributed by atoms with Gasteiger partial charge < -0.3 is 9.64 Å². The van der Waals surface area contributed by atoms with Crippen molar-refractivity contribution in [3.05, 3.63) is 44.8 Å². The third-order valence-electron chi connectivity index (χ3n) is 3.91. The maximum atomic E-state index is 10.8. The summed E-state index contributed by atoms with van der Waals surface area (Å²) in [5.74, 6) is 0.675. The lowest BCUT2D eigenvalue weighted by molar-refractivity contribution is -0.385. The molecule has 0 bridgehead atoms. The SMILES string of the molecule is Cn1cc(C2(C)CN(c3ncc([N+](=O)[O-])cc3Br)CCO2)cn1. The molecule has 0 aromatic carbocycles. The van der Waals surface area contributed by atoms with Crippen molar-refractivity contribution >= 4 is 27.4 Å². The fourth-order valence-corrected chi connectivity index (χ4v) is 3.26. The normalized spacial score (nSPS) is 21.4. The lowest BCUT2D eigenvalue weighted by Gasteiger charge is -2.40. The molecule has 0 radical (unpaired) electrons. The van der Waals surface area contributed by atoms with Crippen LogP contribution >= 0.6 is 15.9 Å². The standard InChI is InChI=1S/C14H16BrN5O3/c1-14(10-6-17-18(2)8-10)9-19(3-4-23-14)13-12(15)5-11(7-16-13)20(21)22/h5-8H,3-4,9H2,1-2H3. The van der Waals surface area contributed by atoms with Gasteiger partial charge in [0, 0.05) is 31.4 Å². The Morgan fingerprint density at radius 2 is 2.26 bits per heavy atom. The van der Waals surface area contributed by atoms with E-state index in [9.17, 15) is 10.1 Å². The molecule has 0 aliphatic carbocycles. The van der Waals surface area contributed by atoms with Gasteiger partial charge in [-0.25, -0.2) is 4.98 Å². The Morgan fingerprint density at radius 1 is 1.48 bits per heavy atom. The van der Waals surface area contributed by atoms with E-state index >= 15 is 0 Å². The molecule has 2 aromatic heterocycles. The molecule has 1 saturated heterocycles. The van der Waals surface area contributed by atoms with Crippen LogP contribution in [0.3, 0.4) is 0 Å². The summed E-state index contributed by atoms with van der Waals surface area (Å²) in [5, 5.41) is 15.0. The molecule has 23 heavy (non-hydrogen) atoms. The van der Waals surface area contributed by atoms with Gasteiger partial charge in [0.25, 0.3) is 5.69 Å². The minimum Gasteiger partial charge on any atom is -0.367 e. The summed E-state index contributed by atoms with van der Waals surface area (Å²) < 4.78 is 8.31. The molecule has 0 spiro atoms. The first-order chi connectivity index (χ1) is 10.9. The number of hydrogen-bond donors (Lipinski definition) is 0. The number of aryl methyl sites for hydroxylation is 1. The van der Waals surface area contributed by atoms with Crippen LogP contribution in [0.25, 0.3) is 0 Å². The van der Waals surface area contributed by atoms with Crippen molar-refractivity contribution in [1.29, 1.82) is 0 Å². The van der Waals surface area contributed by atoms with Crippen LogP contribution in [0.2, 0.25) is 0 Å². The summed E-state index contributed by atoms with van der Waals surface area (Å²) in [6.07, 6.45) is 5.00. The molecule has 8 nitrogen and oxygen atoms in total. The molecular formula is C14H16BrN5O3. The molecule has 122 valence electrons. The van der Waals surface area contributed by atoms with Gasteiger partial charge in [0.15, 0.2) is 0 Å². The van der Waals surface area contributed by atoms with Crippen LogP contribution in [0.4, 0.5) is 11.5 Å². The van der Waals surface area contributed by atoms with Crippen molar-refractivity contribution in [2.45, 2.75) is 12.5 Å². The zero-order valence-electron chi connectivity index (χ0n) is 12.8. The third kappa shape index (κ3) is 3.06. The first kappa shape index (κ1) is 15.9. The van der Waals surface area contributed by atoms with Crippen LogP contribution < -0.4 is 4.90 Å². The third-order valence-corrected chi connectivity index (χ3v) is 4.49. The number of aromatic nitrogens is 3. The second-order valence-corrected chi connectivity index (χ2v) is 6.51. The number of pyridine rings is 1. The molecular weight excluding hydrogens is 366 g/mol. The van der Waals surface area contributed by atoms with Crippen LogP contribution in [0, 0.1) is 10.1 Å². The quantitative estimate of drug-likeness (QED) is 0.598. The van der Waals surface area contributed by atoms with Gasteiger partial charge in [-0.1, -0.05) is 0 Å². The number of ether oxygens (including phenoxy) is 1. The van der Waals surface area contributed by atoms with E-state index in [1.807, 2.05) is 20.2 Å². The summed E-state index contributed by atoms with van der Waals surface area (Å²) >= 11 is 3.38. The van der Waals surface area contributed by atoms with Gasteiger partial charge in [-0.2, -0.15) is 5.10 Å². The van der Waals surface area contributed by atoms with Crippen molar-refractivity contribution < 1.29 is 9.66 Å². The van der Waals surface area contributed by atoms with Crippen LogP contribution in [-0.4, -0.2) is 39.4 Å². The molecule has 1 aliphatic heterocycles. The highest BCUT2D eigenvalue weighted by Crippen LogP contribution is 2.34. The lowest BCUT2D eigenvalue weighted by Crippen LogP contribution is -2.48. The van der Waals surface area contributed by atoms with Crippen molar-refractivity contribution in [2.75, 3.05) is 24.6 Å². The summed E-state index contributed by atoms with van der Waals surface area (Å²) in [7, 11) is 1.86. The van der Waals surface area contributed by atoms with E-state index in [0.717, 1.165) is 5.56 Å². The predicted octanol–water partition coefficient (Wildman–Crippen LogP) is 2.24. The highest BCUT2D eigenvalue weighted by Gasteiger charge is 2.36. The molecule has 3 heterocycles. The molecule has 1 fully saturated rings. The van der Waals surface area contributed by atoms with Crippen molar-refractivity contribution in [2.24, 2.45) is 7.05 Å². The van der Waals surface area contributed by atoms with E-state index < -0.39 is 10.5 Å².